The van der Waals surface area contributed by atoms with Crippen LogP contribution in [0.4, 0.5) is 0 Å². The Morgan fingerprint density at radius 1 is 1.07 bits per heavy atom. The second-order valence-electron chi connectivity index (χ2n) is 3.62. The normalized spacial score (nSPS) is 10.1. The van der Waals surface area contributed by atoms with Crippen LogP contribution in [-0.4, -0.2) is 26.0 Å². The van der Waals surface area contributed by atoms with Crippen LogP contribution in [0.1, 0.15) is 45.4 Å². The van der Waals surface area contributed by atoms with Gasteiger partial charge in [0.15, 0.2) is 0 Å². The molecule has 0 aromatic rings. The molecule has 0 radical (unpaired) electrons. The fourth-order valence-electron chi connectivity index (χ4n) is 1.32. The van der Waals surface area contributed by atoms with E-state index in [4.69, 9.17) is 0 Å². The average molecular weight is 200 g/mol. The third-order valence-electron chi connectivity index (χ3n) is 2.27. The predicted molar refractivity (Wildman–Crippen MR) is 60.3 cm³/mol. The number of carbonyl (C=O) groups excluding carboxylic acids is 1. The largest absolute Gasteiger partial charge is 0.358 e. The molecule has 0 fully saturated rings. The summed E-state index contributed by atoms with van der Waals surface area (Å²) in [6.45, 7) is 3.63. The van der Waals surface area contributed by atoms with Crippen molar-refractivity contribution in [2.24, 2.45) is 0 Å². The van der Waals surface area contributed by atoms with Gasteiger partial charge in [-0.15, -0.1) is 0 Å². The molecule has 0 heterocycles. The van der Waals surface area contributed by atoms with Crippen molar-refractivity contribution in [1.82, 2.24) is 10.6 Å². The molecule has 3 nitrogen and oxygen atoms in total. The molecule has 84 valence electrons. The van der Waals surface area contributed by atoms with Gasteiger partial charge in [0.05, 0.1) is 6.54 Å². The van der Waals surface area contributed by atoms with E-state index in [1.807, 2.05) is 0 Å². The van der Waals surface area contributed by atoms with Crippen LogP contribution in [0, 0.1) is 0 Å². The number of carbonyl (C=O) groups is 1. The molecule has 0 atom stereocenters. The monoisotopic (exact) mass is 200 g/mol. The van der Waals surface area contributed by atoms with Crippen molar-refractivity contribution in [3.05, 3.63) is 0 Å². The van der Waals surface area contributed by atoms with Crippen molar-refractivity contribution in [2.75, 3.05) is 20.1 Å². The summed E-state index contributed by atoms with van der Waals surface area (Å²) in [6, 6.07) is 0. The Bertz CT molecular complexity index is 137. The summed E-state index contributed by atoms with van der Waals surface area (Å²) >= 11 is 0. The van der Waals surface area contributed by atoms with E-state index in [1.54, 1.807) is 7.05 Å². The Balaban J connectivity index is 2.95. The third kappa shape index (κ3) is 9.52. The van der Waals surface area contributed by atoms with E-state index >= 15 is 0 Å². The summed E-state index contributed by atoms with van der Waals surface area (Å²) in [5, 5.41) is 5.70. The van der Waals surface area contributed by atoms with Crippen LogP contribution in [0.5, 0.6) is 0 Å². The standard InChI is InChI=1S/C11H24N2O/c1-3-4-5-6-7-8-9-13-10-11(14)12-2/h13H,3-10H2,1-2H3,(H,12,14). The molecule has 3 heteroatoms. The van der Waals surface area contributed by atoms with Crippen LogP contribution >= 0.6 is 0 Å². The summed E-state index contributed by atoms with van der Waals surface area (Å²) in [6.07, 6.45) is 7.80. The van der Waals surface area contributed by atoms with Crippen LogP contribution in [0.25, 0.3) is 0 Å². The molecule has 0 aliphatic carbocycles. The third-order valence-corrected chi connectivity index (χ3v) is 2.27. The Morgan fingerprint density at radius 3 is 2.36 bits per heavy atom. The fourth-order valence-corrected chi connectivity index (χ4v) is 1.32. The van der Waals surface area contributed by atoms with E-state index in [0.717, 1.165) is 6.54 Å². The van der Waals surface area contributed by atoms with Gasteiger partial charge in [0, 0.05) is 7.05 Å². The summed E-state index contributed by atoms with van der Waals surface area (Å²) in [7, 11) is 1.66. The average Bonchev–Trinajstić information content (AvgIpc) is 2.21. The van der Waals surface area contributed by atoms with Crippen molar-refractivity contribution >= 4 is 5.91 Å². The minimum Gasteiger partial charge on any atom is -0.358 e. The van der Waals surface area contributed by atoms with Gasteiger partial charge in [0.1, 0.15) is 0 Å². The zero-order valence-corrected chi connectivity index (χ0v) is 9.57. The number of rotatable bonds is 9. The molecule has 14 heavy (non-hydrogen) atoms. The van der Waals surface area contributed by atoms with Crippen molar-refractivity contribution in [1.29, 1.82) is 0 Å². The van der Waals surface area contributed by atoms with Gasteiger partial charge in [-0.1, -0.05) is 39.0 Å². The smallest absolute Gasteiger partial charge is 0.233 e. The molecular weight excluding hydrogens is 176 g/mol. The molecule has 0 aromatic carbocycles. The van der Waals surface area contributed by atoms with Crippen LogP contribution < -0.4 is 10.6 Å². The topological polar surface area (TPSA) is 41.1 Å². The maximum Gasteiger partial charge on any atom is 0.233 e. The lowest BCUT2D eigenvalue weighted by molar-refractivity contribution is -0.119. The van der Waals surface area contributed by atoms with Crippen molar-refractivity contribution < 1.29 is 4.79 Å². The Kier molecular flexibility index (Phi) is 10.1. The van der Waals surface area contributed by atoms with E-state index in [-0.39, 0.29) is 5.91 Å². The molecular formula is C11H24N2O. The van der Waals surface area contributed by atoms with Gasteiger partial charge in [-0.05, 0) is 13.0 Å². The molecule has 0 unspecified atom stereocenters. The van der Waals surface area contributed by atoms with Crippen LogP contribution in [0.15, 0.2) is 0 Å². The van der Waals surface area contributed by atoms with Gasteiger partial charge in [0.25, 0.3) is 0 Å². The number of hydrogen-bond acceptors (Lipinski definition) is 2. The molecule has 0 saturated heterocycles. The molecule has 0 aromatic heterocycles. The van der Waals surface area contributed by atoms with Gasteiger partial charge in [-0.3, -0.25) is 4.79 Å². The first-order valence-corrected chi connectivity index (χ1v) is 5.72. The number of nitrogens with one attached hydrogen (secondary N) is 2. The molecule has 0 spiro atoms. The highest BCUT2D eigenvalue weighted by molar-refractivity contribution is 5.77. The van der Waals surface area contributed by atoms with E-state index in [1.165, 1.54) is 38.5 Å². The van der Waals surface area contributed by atoms with Crippen LogP contribution in [0.2, 0.25) is 0 Å². The Labute approximate surface area is 87.6 Å². The number of likely N-dealkylation sites (N-methyl/N-ethyl adjacent to an activating group) is 1. The first kappa shape index (κ1) is 13.4. The summed E-state index contributed by atoms with van der Waals surface area (Å²) in [5.41, 5.74) is 0. The van der Waals surface area contributed by atoms with Gasteiger partial charge in [-0.25, -0.2) is 0 Å². The lowest BCUT2D eigenvalue weighted by atomic mass is 10.1. The number of unbranched alkanes of at least 4 members (excludes halogenated alkanes) is 5. The zero-order valence-electron chi connectivity index (χ0n) is 9.57. The van der Waals surface area contributed by atoms with E-state index in [0.29, 0.717) is 6.54 Å². The molecule has 0 bridgehead atoms. The molecule has 2 N–H and O–H groups in total. The van der Waals surface area contributed by atoms with Crippen molar-refractivity contribution in [2.45, 2.75) is 45.4 Å². The van der Waals surface area contributed by atoms with Gasteiger partial charge in [-0.2, -0.15) is 0 Å². The Hall–Kier alpha value is -0.570. The molecule has 0 aliphatic heterocycles. The summed E-state index contributed by atoms with van der Waals surface area (Å²) in [4.78, 5) is 10.8. The fraction of sp³-hybridized carbons (Fsp3) is 0.909. The second kappa shape index (κ2) is 10.5. The van der Waals surface area contributed by atoms with Crippen LogP contribution in [-0.2, 0) is 4.79 Å². The zero-order chi connectivity index (χ0) is 10.6. The van der Waals surface area contributed by atoms with Crippen molar-refractivity contribution in [3.63, 3.8) is 0 Å². The molecule has 0 saturated carbocycles. The number of hydrogen-bond donors (Lipinski definition) is 2. The van der Waals surface area contributed by atoms with E-state index in [2.05, 4.69) is 17.6 Å². The number of amides is 1. The highest BCUT2D eigenvalue weighted by Gasteiger charge is 1.95. The maximum atomic E-state index is 10.8. The van der Waals surface area contributed by atoms with E-state index < -0.39 is 0 Å². The maximum absolute atomic E-state index is 10.8. The molecule has 1 amide bonds. The molecule has 0 aliphatic rings. The lowest BCUT2D eigenvalue weighted by Gasteiger charge is -2.03. The van der Waals surface area contributed by atoms with Crippen LogP contribution in [0.3, 0.4) is 0 Å². The summed E-state index contributed by atoms with van der Waals surface area (Å²) in [5.74, 6) is 0.0657. The lowest BCUT2D eigenvalue weighted by Crippen LogP contribution is -2.31. The predicted octanol–water partition coefficient (Wildman–Crippen LogP) is 1.68. The quantitative estimate of drug-likeness (QED) is 0.556. The second-order valence-corrected chi connectivity index (χ2v) is 3.62. The highest BCUT2D eigenvalue weighted by atomic mass is 16.1. The van der Waals surface area contributed by atoms with Gasteiger partial charge < -0.3 is 10.6 Å². The van der Waals surface area contributed by atoms with Gasteiger partial charge >= 0.3 is 0 Å². The summed E-state index contributed by atoms with van der Waals surface area (Å²) < 4.78 is 0. The van der Waals surface area contributed by atoms with Crippen molar-refractivity contribution in [3.8, 4) is 0 Å². The minimum absolute atomic E-state index is 0.0657. The SMILES string of the molecule is CCCCCCCCNCC(=O)NC. The first-order chi connectivity index (χ1) is 6.81. The Morgan fingerprint density at radius 2 is 1.71 bits per heavy atom. The van der Waals surface area contributed by atoms with E-state index in [9.17, 15) is 4.79 Å². The highest BCUT2D eigenvalue weighted by Crippen LogP contribution is 2.03. The minimum atomic E-state index is 0.0657. The first-order valence-electron chi connectivity index (χ1n) is 5.72. The van der Waals surface area contributed by atoms with Gasteiger partial charge in [0.2, 0.25) is 5.91 Å². The molecule has 0 rings (SSSR count).